The Morgan fingerprint density at radius 1 is 1.38 bits per heavy atom. The molecule has 10 heteroatoms. The van der Waals surface area contributed by atoms with Crippen LogP contribution in [0.15, 0.2) is 30.9 Å². The quantitative estimate of drug-likeness (QED) is 0.881. The van der Waals surface area contributed by atoms with Crippen molar-refractivity contribution in [1.82, 2.24) is 14.8 Å². The van der Waals surface area contributed by atoms with Crippen LogP contribution in [0.5, 0.6) is 0 Å². The van der Waals surface area contributed by atoms with Gasteiger partial charge in [-0.25, -0.2) is 18.4 Å². The van der Waals surface area contributed by atoms with Gasteiger partial charge in [0.05, 0.1) is 10.7 Å². The van der Waals surface area contributed by atoms with Crippen LogP contribution in [0.3, 0.4) is 0 Å². The molecule has 1 N–H and O–H groups in total. The minimum Gasteiger partial charge on any atom is -0.319 e. The largest absolute Gasteiger partial charge is 0.383 e. The summed E-state index contributed by atoms with van der Waals surface area (Å²) >= 11 is 5.91. The maximum Gasteiger partial charge on any atom is 0.383 e. The van der Waals surface area contributed by atoms with E-state index in [1.807, 2.05) is 0 Å². The van der Waals surface area contributed by atoms with Crippen LogP contribution in [0.2, 0.25) is 5.02 Å². The van der Waals surface area contributed by atoms with Crippen molar-refractivity contribution < 1.29 is 22.4 Å². The van der Waals surface area contributed by atoms with Crippen molar-refractivity contribution in [2.24, 2.45) is 0 Å². The molecule has 5 nitrogen and oxygen atoms in total. The SMILES string of the molecule is O=C(Nc1cccc(Cl)c1-n1cncn1)C(F)(F)C(F)F. The molecule has 0 spiro atoms. The number of alkyl halides is 4. The molecule has 0 aliphatic rings. The van der Waals surface area contributed by atoms with Gasteiger partial charge in [-0.2, -0.15) is 13.9 Å². The van der Waals surface area contributed by atoms with Crippen molar-refractivity contribution in [2.45, 2.75) is 12.3 Å². The first-order chi connectivity index (χ1) is 9.84. The van der Waals surface area contributed by atoms with E-state index in [4.69, 9.17) is 11.6 Å². The van der Waals surface area contributed by atoms with Gasteiger partial charge in [-0.3, -0.25) is 4.79 Å². The van der Waals surface area contributed by atoms with E-state index in [0.717, 1.165) is 11.0 Å². The predicted molar refractivity (Wildman–Crippen MR) is 65.9 cm³/mol. The summed E-state index contributed by atoms with van der Waals surface area (Å²) in [6.45, 7) is 0. The van der Waals surface area contributed by atoms with Gasteiger partial charge < -0.3 is 5.32 Å². The number of rotatable bonds is 4. The highest BCUT2D eigenvalue weighted by atomic mass is 35.5. The van der Waals surface area contributed by atoms with Gasteiger partial charge in [-0.1, -0.05) is 17.7 Å². The molecule has 2 aromatic rings. The second kappa shape index (κ2) is 5.68. The lowest BCUT2D eigenvalue weighted by Crippen LogP contribution is -2.41. The van der Waals surface area contributed by atoms with Crippen LogP contribution in [0.1, 0.15) is 0 Å². The van der Waals surface area contributed by atoms with E-state index in [9.17, 15) is 22.4 Å². The summed E-state index contributed by atoms with van der Waals surface area (Å²) in [5.41, 5.74) is -0.159. The van der Waals surface area contributed by atoms with Crippen LogP contribution in [0, 0.1) is 0 Å². The van der Waals surface area contributed by atoms with E-state index in [0.29, 0.717) is 0 Å². The smallest absolute Gasteiger partial charge is 0.319 e. The monoisotopic (exact) mass is 322 g/mol. The second-order valence-corrected chi connectivity index (χ2v) is 4.26. The highest BCUT2D eigenvalue weighted by molar-refractivity contribution is 6.33. The van der Waals surface area contributed by atoms with Gasteiger partial charge in [0.15, 0.2) is 0 Å². The Hall–Kier alpha value is -2.16. The van der Waals surface area contributed by atoms with Crippen molar-refractivity contribution >= 4 is 23.2 Å². The van der Waals surface area contributed by atoms with Crippen LogP contribution in [-0.4, -0.2) is 33.0 Å². The van der Waals surface area contributed by atoms with Crippen LogP contribution in [0.25, 0.3) is 5.69 Å². The zero-order valence-electron chi connectivity index (χ0n) is 10.1. The molecule has 0 aliphatic heterocycles. The molecular formula is C11H7ClF4N4O. The summed E-state index contributed by atoms with van der Waals surface area (Å²) in [6, 6.07) is 4.00. The molecule has 1 amide bonds. The highest BCUT2D eigenvalue weighted by Gasteiger charge is 2.49. The Kier molecular flexibility index (Phi) is 4.12. The number of amides is 1. The van der Waals surface area contributed by atoms with Crippen LogP contribution < -0.4 is 5.32 Å². The molecule has 0 bridgehead atoms. The van der Waals surface area contributed by atoms with Crippen molar-refractivity contribution in [3.8, 4) is 5.69 Å². The first kappa shape index (κ1) is 15.2. The number of aromatic nitrogens is 3. The molecule has 0 saturated carbocycles. The van der Waals surface area contributed by atoms with E-state index in [1.165, 1.54) is 24.5 Å². The fraction of sp³-hybridized carbons (Fsp3) is 0.182. The molecule has 1 aromatic carbocycles. The van der Waals surface area contributed by atoms with Crippen molar-refractivity contribution in [3.05, 3.63) is 35.9 Å². The minimum atomic E-state index is -4.82. The third-order valence-corrected chi connectivity index (χ3v) is 2.76. The third-order valence-electron chi connectivity index (χ3n) is 2.46. The molecule has 2 rings (SSSR count). The fourth-order valence-electron chi connectivity index (χ4n) is 1.48. The molecule has 21 heavy (non-hydrogen) atoms. The van der Waals surface area contributed by atoms with Crippen molar-refractivity contribution in [2.75, 3.05) is 5.32 Å². The number of nitrogens with zero attached hydrogens (tertiary/aromatic N) is 3. The van der Waals surface area contributed by atoms with E-state index >= 15 is 0 Å². The predicted octanol–water partition coefficient (Wildman–Crippen LogP) is 2.76. The number of nitrogens with one attached hydrogen (secondary N) is 1. The number of carbonyl (C=O) groups excluding carboxylic acids is 1. The summed E-state index contributed by atoms with van der Waals surface area (Å²) in [5, 5.41) is 5.53. The van der Waals surface area contributed by atoms with Gasteiger partial charge in [0.1, 0.15) is 18.3 Å². The van der Waals surface area contributed by atoms with Crippen LogP contribution in [0.4, 0.5) is 23.2 Å². The summed E-state index contributed by atoms with van der Waals surface area (Å²) < 4.78 is 51.4. The van der Waals surface area contributed by atoms with Crippen molar-refractivity contribution in [1.29, 1.82) is 0 Å². The molecule has 0 saturated heterocycles. The molecule has 0 fully saturated rings. The highest BCUT2D eigenvalue weighted by Crippen LogP contribution is 2.30. The van der Waals surface area contributed by atoms with Gasteiger partial charge in [-0.15, -0.1) is 0 Å². The number of hydrogen-bond donors (Lipinski definition) is 1. The number of hydrogen-bond acceptors (Lipinski definition) is 3. The Morgan fingerprint density at radius 2 is 2.10 bits per heavy atom. The van der Waals surface area contributed by atoms with Gasteiger partial charge in [0.2, 0.25) is 0 Å². The molecular weight excluding hydrogens is 316 g/mol. The zero-order valence-corrected chi connectivity index (χ0v) is 10.9. The lowest BCUT2D eigenvalue weighted by atomic mass is 10.2. The zero-order chi connectivity index (χ0) is 15.6. The molecule has 0 unspecified atom stereocenters. The Bertz CT molecular complexity index is 648. The minimum absolute atomic E-state index is 0.0371. The Morgan fingerprint density at radius 3 is 2.67 bits per heavy atom. The second-order valence-electron chi connectivity index (χ2n) is 3.85. The molecule has 1 heterocycles. The van der Waals surface area contributed by atoms with E-state index in [1.54, 1.807) is 5.32 Å². The normalized spacial score (nSPS) is 11.7. The lowest BCUT2D eigenvalue weighted by molar-refractivity contribution is -0.163. The number of benzene rings is 1. The third kappa shape index (κ3) is 2.97. The van der Waals surface area contributed by atoms with Gasteiger partial charge in [-0.05, 0) is 12.1 Å². The average molecular weight is 323 g/mol. The first-order valence-corrected chi connectivity index (χ1v) is 5.82. The topological polar surface area (TPSA) is 59.8 Å². The lowest BCUT2D eigenvalue weighted by Gasteiger charge is -2.17. The summed E-state index contributed by atoms with van der Waals surface area (Å²) in [4.78, 5) is 14.9. The maximum atomic E-state index is 13.0. The Balaban J connectivity index is 2.38. The number of halogens is 5. The van der Waals surface area contributed by atoms with E-state index < -0.39 is 18.3 Å². The van der Waals surface area contributed by atoms with Gasteiger partial charge in [0, 0.05) is 0 Å². The first-order valence-electron chi connectivity index (χ1n) is 5.45. The molecule has 0 atom stereocenters. The number of para-hydroxylation sites is 1. The molecule has 1 aromatic heterocycles. The number of anilines is 1. The fourth-order valence-corrected chi connectivity index (χ4v) is 1.74. The van der Waals surface area contributed by atoms with Crippen LogP contribution in [-0.2, 0) is 4.79 Å². The molecule has 0 radical (unpaired) electrons. The molecule has 112 valence electrons. The molecule has 0 aliphatic carbocycles. The van der Waals surface area contributed by atoms with Crippen molar-refractivity contribution in [3.63, 3.8) is 0 Å². The number of carbonyl (C=O) groups is 1. The average Bonchev–Trinajstić information content (AvgIpc) is 2.92. The summed E-state index contributed by atoms with van der Waals surface area (Å²) in [6.07, 6.45) is -1.75. The Labute approximate surface area is 120 Å². The van der Waals surface area contributed by atoms with Gasteiger partial charge >= 0.3 is 18.3 Å². The van der Waals surface area contributed by atoms with Gasteiger partial charge in [0.25, 0.3) is 0 Å². The summed E-state index contributed by atoms with van der Waals surface area (Å²) in [7, 11) is 0. The van der Waals surface area contributed by atoms with Crippen LogP contribution >= 0.6 is 11.6 Å². The maximum absolute atomic E-state index is 13.0. The summed E-state index contributed by atoms with van der Waals surface area (Å²) in [5.74, 6) is -6.96. The van der Waals surface area contributed by atoms with E-state index in [-0.39, 0.29) is 16.4 Å². The standard InChI is InChI=1S/C11H7ClF4N4O/c12-6-2-1-3-7(8(6)20-5-17-4-18-20)19-10(21)11(15,16)9(13)14/h1-5,9H,(H,19,21). The van der Waals surface area contributed by atoms with E-state index in [2.05, 4.69) is 10.1 Å².